The Bertz CT molecular complexity index is 1890. The number of fused-ring (bicyclic) bond motifs is 2. The molecule has 0 spiro atoms. The third kappa shape index (κ3) is 4.86. The van der Waals surface area contributed by atoms with Crippen LogP contribution in [0.3, 0.4) is 0 Å². The third-order valence-corrected chi connectivity index (χ3v) is 8.73. The molecule has 12 nitrogen and oxygen atoms in total. The predicted molar refractivity (Wildman–Crippen MR) is 158 cm³/mol. The molecule has 2 N–H and O–H groups in total. The first-order valence-corrected chi connectivity index (χ1v) is 14.7. The van der Waals surface area contributed by atoms with E-state index >= 15 is 0 Å². The predicted octanol–water partition coefficient (Wildman–Crippen LogP) is 3.61. The molecule has 1 unspecified atom stereocenters. The van der Waals surface area contributed by atoms with Gasteiger partial charge in [0.25, 0.3) is 11.8 Å². The van der Waals surface area contributed by atoms with Crippen LogP contribution in [0.2, 0.25) is 0 Å². The average molecular weight is 589 g/mol. The summed E-state index contributed by atoms with van der Waals surface area (Å²) in [5.74, 6) is -1.43. The number of anilines is 1. The van der Waals surface area contributed by atoms with Crippen molar-refractivity contribution in [2.45, 2.75) is 50.6 Å². The molecule has 0 bridgehead atoms. The first kappa shape index (κ1) is 27.4. The molecule has 12 heteroatoms. The molecule has 4 amide bonds. The van der Waals surface area contributed by atoms with Gasteiger partial charge in [-0.2, -0.15) is 10.4 Å². The van der Waals surface area contributed by atoms with Gasteiger partial charge in [-0.3, -0.25) is 39.1 Å². The van der Waals surface area contributed by atoms with E-state index in [1.807, 2.05) is 16.9 Å². The van der Waals surface area contributed by atoms with Crippen molar-refractivity contribution in [2.75, 3.05) is 11.9 Å². The maximum atomic E-state index is 13.0. The zero-order chi connectivity index (χ0) is 30.4. The van der Waals surface area contributed by atoms with Gasteiger partial charge in [0, 0.05) is 30.4 Å². The molecule has 2 fully saturated rings. The van der Waals surface area contributed by atoms with Crippen molar-refractivity contribution < 1.29 is 19.2 Å². The molecule has 1 saturated heterocycles. The number of amides is 4. The van der Waals surface area contributed by atoms with E-state index in [0.717, 1.165) is 54.1 Å². The highest BCUT2D eigenvalue weighted by Crippen LogP contribution is 2.40. The topological polar surface area (TPSA) is 163 Å². The number of carbonyl (C=O) groups excluding carboxylic acids is 4. The second-order valence-electron chi connectivity index (χ2n) is 11.5. The van der Waals surface area contributed by atoms with E-state index in [-0.39, 0.29) is 24.0 Å². The maximum absolute atomic E-state index is 13.0. The summed E-state index contributed by atoms with van der Waals surface area (Å²) in [6.45, 7) is 0.721. The van der Waals surface area contributed by atoms with Gasteiger partial charge in [-0.1, -0.05) is 6.07 Å². The van der Waals surface area contributed by atoms with Crippen LogP contribution in [-0.4, -0.2) is 60.9 Å². The van der Waals surface area contributed by atoms with Crippen molar-refractivity contribution in [3.8, 4) is 17.3 Å². The number of imide groups is 2. The summed E-state index contributed by atoms with van der Waals surface area (Å²) < 4.78 is 2.00. The Morgan fingerprint density at radius 2 is 1.89 bits per heavy atom. The van der Waals surface area contributed by atoms with Crippen LogP contribution in [0.15, 0.2) is 55.0 Å². The average Bonchev–Trinajstić information content (AvgIpc) is 3.58. The fraction of sp³-hybridized carbons (Fsp3) is 0.312. The number of hydrogen-bond acceptors (Lipinski definition) is 9. The van der Waals surface area contributed by atoms with Crippen LogP contribution in [0.4, 0.5) is 5.69 Å². The summed E-state index contributed by atoms with van der Waals surface area (Å²) >= 11 is 0. The van der Waals surface area contributed by atoms with Gasteiger partial charge in [0.15, 0.2) is 0 Å². The van der Waals surface area contributed by atoms with Gasteiger partial charge in [-0.15, -0.1) is 0 Å². The van der Waals surface area contributed by atoms with E-state index in [1.165, 1.54) is 0 Å². The summed E-state index contributed by atoms with van der Waals surface area (Å²) in [6, 6.07) is 12.0. The first-order chi connectivity index (χ1) is 21.4. The van der Waals surface area contributed by atoms with Crippen LogP contribution in [-0.2, 0) is 9.59 Å². The minimum Gasteiger partial charge on any atom is -0.385 e. The van der Waals surface area contributed by atoms with Crippen molar-refractivity contribution in [1.29, 1.82) is 5.26 Å². The van der Waals surface area contributed by atoms with Gasteiger partial charge in [-0.05, 0) is 68.4 Å². The number of nitrogens with one attached hydrogen (secondary N) is 2. The number of benzene rings is 2. The number of nitrogens with zero attached hydrogens (tertiary/aromatic N) is 6. The van der Waals surface area contributed by atoms with Gasteiger partial charge in [0.05, 0.1) is 46.3 Å². The largest absolute Gasteiger partial charge is 0.385 e. The zero-order valence-corrected chi connectivity index (χ0v) is 23.7. The van der Waals surface area contributed by atoms with Gasteiger partial charge < -0.3 is 5.32 Å². The number of para-hydroxylation sites is 1. The second-order valence-corrected chi connectivity index (χ2v) is 11.5. The fourth-order valence-corrected chi connectivity index (χ4v) is 6.30. The second kappa shape index (κ2) is 11.0. The molecule has 1 aliphatic carbocycles. The lowest BCUT2D eigenvalue weighted by atomic mass is 9.77. The zero-order valence-electron chi connectivity index (χ0n) is 23.7. The lowest BCUT2D eigenvalue weighted by Crippen LogP contribution is -2.54. The quantitative estimate of drug-likeness (QED) is 0.231. The van der Waals surface area contributed by atoms with Crippen molar-refractivity contribution >= 4 is 40.3 Å². The van der Waals surface area contributed by atoms with E-state index in [0.29, 0.717) is 28.6 Å². The van der Waals surface area contributed by atoms with E-state index in [2.05, 4.69) is 31.8 Å². The number of aromatic nitrogens is 4. The van der Waals surface area contributed by atoms with E-state index in [9.17, 15) is 24.4 Å². The number of carbonyl (C=O) groups is 4. The van der Waals surface area contributed by atoms with Gasteiger partial charge in [0.2, 0.25) is 11.8 Å². The SMILES string of the molecule is N#Cc1cccc2nc(-c3cnn([C@H]4C[C@H](CCCNc5ccc6c(c5)C(=O)N(C5CCC(=O)NC5=O)C6=O)C4)c3)cnc12. The molecule has 4 aromatic rings. The number of piperidine rings is 1. The monoisotopic (exact) mass is 588 g/mol. The fourth-order valence-electron chi connectivity index (χ4n) is 6.30. The lowest BCUT2D eigenvalue weighted by Gasteiger charge is -2.35. The van der Waals surface area contributed by atoms with Crippen LogP contribution < -0.4 is 10.6 Å². The number of nitriles is 1. The highest BCUT2D eigenvalue weighted by molar-refractivity contribution is 6.23. The number of rotatable bonds is 8. The third-order valence-electron chi connectivity index (χ3n) is 8.73. The van der Waals surface area contributed by atoms with Crippen molar-refractivity contribution in [3.63, 3.8) is 0 Å². The maximum Gasteiger partial charge on any atom is 0.262 e. The highest BCUT2D eigenvalue weighted by atomic mass is 16.2. The standard InChI is InChI=1S/C32H28N8O4/c33-14-19-4-1-5-25-29(19)35-16-26(37-25)20-15-36-39(17-20)22-11-18(12-22)3-2-10-34-21-6-7-23-24(13-21)32(44)40(31(23)43)27-8-9-28(41)38-30(27)42/h1,4-7,13,15-18,22,27,34H,2-3,8-12H2,(H,38,41,42)/t18-,22-,27?. The molecule has 3 aliphatic rings. The molecular formula is C32H28N8O4. The molecule has 220 valence electrons. The molecule has 44 heavy (non-hydrogen) atoms. The van der Waals surface area contributed by atoms with Crippen LogP contribution in [0, 0.1) is 17.2 Å². The Balaban J connectivity index is 0.893. The highest BCUT2D eigenvalue weighted by Gasteiger charge is 2.44. The Kier molecular flexibility index (Phi) is 6.85. The molecule has 4 heterocycles. The summed E-state index contributed by atoms with van der Waals surface area (Å²) in [7, 11) is 0. The molecule has 2 aliphatic heterocycles. The minimum absolute atomic E-state index is 0.0908. The Morgan fingerprint density at radius 3 is 2.70 bits per heavy atom. The number of hydrogen-bond donors (Lipinski definition) is 2. The summed E-state index contributed by atoms with van der Waals surface area (Å²) in [4.78, 5) is 59.8. The molecule has 1 saturated carbocycles. The van der Waals surface area contributed by atoms with Crippen LogP contribution >= 0.6 is 0 Å². The molecule has 7 rings (SSSR count). The first-order valence-electron chi connectivity index (χ1n) is 14.7. The van der Waals surface area contributed by atoms with E-state index in [4.69, 9.17) is 0 Å². The Morgan fingerprint density at radius 1 is 1.05 bits per heavy atom. The lowest BCUT2D eigenvalue weighted by molar-refractivity contribution is -0.136. The van der Waals surface area contributed by atoms with Crippen LogP contribution in [0.25, 0.3) is 22.3 Å². The minimum atomic E-state index is -0.970. The molecule has 0 radical (unpaired) electrons. The van der Waals surface area contributed by atoms with Gasteiger partial charge >= 0.3 is 0 Å². The Labute approximate surface area is 252 Å². The molecule has 1 atom stereocenters. The van der Waals surface area contributed by atoms with Crippen molar-refractivity contribution in [3.05, 3.63) is 71.7 Å². The van der Waals surface area contributed by atoms with Crippen molar-refractivity contribution in [2.24, 2.45) is 5.92 Å². The summed E-state index contributed by atoms with van der Waals surface area (Å²) in [5.41, 5.74) is 4.68. The summed E-state index contributed by atoms with van der Waals surface area (Å²) in [6.07, 6.45) is 9.82. The van der Waals surface area contributed by atoms with Crippen LogP contribution in [0.1, 0.15) is 70.8 Å². The molecule has 2 aromatic heterocycles. The molecule has 2 aromatic carbocycles. The summed E-state index contributed by atoms with van der Waals surface area (Å²) in [5, 5.41) is 19.4. The smallest absolute Gasteiger partial charge is 0.262 e. The molecular weight excluding hydrogens is 560 g/mol. The van der Waals surface area contributed by atoms with Crippen molar-refractivity contribution in [1.82, 2.24) is 30.0 Å². The Hall–Kier alpha value is -5.44. The van der Waals surface area contributed by atoms with Gasteiger partial charge in [0.1, 0.15) is 17.6 Å². The van der Waals surface area contributed by atoms with E-state index < -0.39 is 29.7 Å². The van der Waals surface area contributed by atoms with E-state index in [1.54, 1.807) is 42.7 Å². The van der Waals surface area contributed by atoms with Gasteiger partial charge in [-0.25, -0.2) is 4.98 Å². The normalized spacial score (nSPS) is 21.2. The van der Waals surface area contributed by atoms with Crippen LogP contribution in [0.5, 0.6) is 0 Å².